The number of hydrogen-bond donors (Lipinski definition) is 2. The molecule has 0 radical (unpaired) electrons. The summed E-state index contributed by atoms with van der Waals surface area (Å²) in [6.45, 7) is 2.08. The van der Waals surface area contributed by atoms with E-state index in [1.54, 1.807) is 0 Å². The molecule has 2 aliphatic rings. The molecule has 11 heavy (non-hydrogen) atoms. The third-order valence-electron chi connectivity index (χ3n) is 1.96. The highest BCUT2D eigenvalue weighted by atomic mass is 15.1. The molecular weight excluding hydrogens is 136 g/mol. The Hall–Kier alpha value is -1.02. The Labute approximate surface area is 66.7 Å². The van der Waals surface area contributed by atoms with Gasteiger partial charge in [-0.25, -0.2) is 0 Å². The Morgan fingerprint density at radius 3 is 3.18 bits per heavy atom. The maximum absolute atomic E-state index is 3.40. The standard InChI is InChI=1S/C9H12N2/c1-2-4-8-9(5-3-1)11-7-6-10-8/h1-5,8,10-11H,6-7H2. The van der Waals surface area contributed by atoms with Crippen LogP contribution in [0.5, 0.6) is 0 Å². The summed E-state index contributed by atoms with van der Waals surface area (Å²) in [5.74, 6) is 0. The summed E-state index contributed by atoms with van der Waals surface area (Å²) in [7, 11) is 0. The van der Waals surface area contributed by atoms with Crippen LogP contribution in [-0.2, 0) is 0 Å². The van der Waals surface area contributed by atoms with E-state index in [2.05, 4.69) is 41.0 Å². The lowest BCUT2D eigenvalue weighted by Gasteiger charge is -2.25. The molecule has 1 aliphatic heterocycles. The van der Waals surface area contributed by atoms with Crippen molar-refractivity contribution in [3.8, 4) is 0 Å². The SMILES string of the molecule is C1=CC=C2NCCNC2C=C1. The smallest absolute Gasteiger partial charge is 0.0659 e. The second-order valence-electron chi connectivity index (χ2n) is 2.75. The first-order valence-corrected chi connectivity index (χ1v) is 3.99. The van der Waals surface area contributed by atoms with Crippen LogP contribution in [0.25, 0.3) is 0 Å². The zero-order chi connectivity index (χ0) is 7.52. The Morgan fingerprint density at radius 1 is 1.18 bits per heavy atom. The topological polar surface area (TPSA) is 24.1 Å². The molecule has 1 saturated heterocycles. The van der Waals surface area contributed by atoms with Gasteiger partial charge in [-0.05, 0) is 6.08 Å². The minimum absolute atomic E-state index is 0.402. The third kappa shape index (κ3) is 1.35. The van der Waals surface area contributed by atoms with Crippen molar-refractivity contribution in [2.45, 2.75) is 6.04 Å². The number of rotatable bonds is 0. The summed E-state index contributed by atoms with van der Waals surface area (Å²) in [6, 6.07) is 0.402. The maximum atomic E-state index is 3.40. The van der Waals surface area contributed by atoms with Crippen molar-refractivity contribution in [2.24, 2.45) is 0 Å². The molecular formula is C9H12N2. The molecule has 1 atom stereocenters. The van der Waals surface area contributed by atoms with E-state index in [1.165, 1.54) is 5.70 Å². The van der Waals surface area contributed by atoms with E-state index >= 15 is 0 Å². The van der Waals surface area contributed by atoms with E-state index in [-0.39, 0.29) is 0 Å². The fraction of sp³-hybridized carbons (Fsp3) is 0.333. The average molecular weight is 148 g/mol. The molecule has 2 nitrogen and oxygen atoms in total. The number of hydrogen-bond acceptors (Lipinski definition) is 2. The highest BCUT2D eigenvalue weighted by Gasteiger charge is 2.13. The largest absolute Gasteiger partial charge is 0.386 e. The van der Waals surface area contributed by atoms with Gasteiger partial charge in [0.05, 0.1) is 6.04 Å². The third-order valence-corrected chi connectivity index (χ3v) is 1.96. The lowest BCUT2D eigenvalue weighted by Crippen LogP contribution is -2.45. The number of allylic oxidation sites excluding steroid dienone is 4. The lowest BCUT2D eigenvalue weighted by molar-refractivity contribution is 0.537. The number of piperazine rings is 1. The van der Waals surface area contributed by atoms with Gasteiger partial charge in [0, 0.05) is 18.8 Å². The molecule has 0 bridgehead atoms. The molecule has 2 N–H and O–H groups in total. The van der Waals surface area contributed by atoms with E-state index in [0.29, 0.717) is 6.04 Å². The maximum Gasteiger partial charge on any atom is 0.0659 e. The van der Waals surface area contributed by atoms with Crippen LogP contribution < -0.4 is 10.6 Å². The van der Waals surface area contributed by atoms with Gasteiger partial charge in [0.1, 0.15) is 0 Å². The van der Waals surface area contributed by atoms with Gasteiger partial charge in [-0.15, -0.1) is 0 Å². The summed E-state index contributed by atoms with van der Waals surface area (Å²) in [5.41, 5.74) is 1.28. The summed E-state index contributed by atoms with van der Waals surface area (Å²) < 4.78 is 0. The van der Waals surface area contributed by atoms with Crippen molar-refractivity contribution in [3.63, 3.8) is 0 Å². The Morgan fingerprint density at radius 2 is 2.18 bits per heavy atom. The molecule has 2 heteroatoms. The second-order valence-corrected chi connectivity index (χ2v) is 2.75. The molecule has 0 saturated carbocycles. The van der Waals surface area contributed by atoms with Gasteiger partial charge in [0.15, 0.2) is 0 Å². The predicted molar refractivity (Wildman–Crippen MR) is 46.2 cm³/mol. The fourth-order valence-electron chi connectivity index (χ4n) is 1.39. The first kappa shape index (κ1) is 6.68. The molecule has 0 amide bonds. The summed E-state index contributed by atoms with van der Waals surface area (Å²) in [4.78, 5) is 0. The van der Waals surface area contributed by atoms with Crippen molar-refractivity contribution < 1.29 is 0 Å². The van der Waals surface area contributed by atoms with Gasteiger partial charge in [0.25, 0.3) is 0 Å². The molecule has 0 aromatic rings. The van der Waals surface area contributed by atoms with Gasteiger partial charge in [-0.2, -0.15) is 0 Å². The van der Waals surface area contributed by atoms with Crippen LogP contribution in [0, 0.1) is 0 Å². The number of fused-ring (bicyclic) bond motifs is 1. The van der Waals surface area contributed by atoms with Crippen LogP contribution in [0.1, 0.15) is 0 Å². The highest BCUT2D eigenvalue weighted by molar-refractivity contribution is 5.29. The minimum Gasteiger partial charge on any atom is -0.386 e. The first-order valence-electron chi connectivity index (χ1n) is 3.99. The normalized spacial score (nSPS) is 28.4. The van der Waals surface area contributed by atoms with Crippen LogP contribution in [0.2, 0.25) is 0 Å². The van der Waals surface area contributed by atoms with Crippen LogP contribution >= 0.6 is 0 Å². The van der Waals surface area contributed by atoms with Gasteiger partial charge >= 0.3 is 0 Å². The van der Waals surface area contributed by atoms with Crippen molar-refractivity contribution in [1.82, 2.24) is 10.6 Å². The summed E-state index contributed by atoms with van der Waals surface area (Å²) in [6.07, 6.45) is 10.5. The minimum atomic E-state index is 0.402. The molecule has 58 valence electrons. The molecule has 1 fully saturated rings. The fourth-order valence-corrected chi connectivity index (χ4v) is 1.39. The molecule has 1 aliphatic carbocycles. The van der Waals surface area contributed by atoms with E-state index in [4.69, 9.17) is 0 Å². The monoisotopic (exact) mass is 148 g/mol. The zero-order valence-electron chi connectivity index (χ0n) is 6.38. The quantitative estimate of drug-likeness (QED) is 0.524. The van der Waals surface area contributed by atoms with Gasteiger partial charge in [-0.3, -0.25) is 0 Å². The van der Waals surface area contributed by atoms with Crippen molar-refractivity contribution >= 4 is 0 Å². The lowest BCUT2D eigenvalue weighted by atomic mass is 10.1. The van der Waals surface area contributed by atoms with E-state index in [1.807, 2.05) is 0 Å². The van der Waals surface area contributed by atoms with E-state index < -0.39 is 0 Å². The molecule has 0 aromatic carbocycles. The Kier molecular flexibility index (Phi) is 1.78. The van der Waals surface area contributed by atoms with Crippen LogP contribution in [0.15, 0.2) is 36.1 Å². The van der Waals surface area contributed by atoms with Gasteiger partial charge in [0.2, 0.25) is 0 Å². The predicted octanol–water partition coefficient (Wildman–Crippen LogP) is 0.558. The van der Waals surface area contributed by atoms with E-state index in [9.17, 15) is 0 Å². The summed E-state index contributed by atoms with van der Waals surface area (Å²) >= 11 is 0. The van der Waals surface area contributed by atoms with E-state index in [0.717, 1.165) is 13.1 Å². The van der Waals surface area contributed by atoms with Crippen LogP contribution in [0.4, 0.5) is 0 Å². The second kappa shape index (κ2) is 2.93. The van der Waals surface area contributed by atoms with Gasteiger partial charge in [-0.1, -0.05) is 24.3 Å². The van der Waals surface area contributed by atoms with Crippen LogP contribution in [0.3, 0.4) is 0 Å². The average Bonchev–Trinajstić information content (AvgIpc) is 2.28. The first-order chi connectivity index (χ1) is 5.47. The van der Waals surface area contributed by atoms with Crippen molar-refractivity contribution in [1.29, 1.82) is 0 Å². The zero-order valence-corrected chi connectivity index (χ0v) is 6.38. The molecule has 2 rings (SSSR count). The Balaban J connectivity index is 2.21. The van der Waals surface area contributed by atoms with Gasteiger partial charge < -0.3 is 10.6 Å². The molecule has 0 spiro atoms. The Bertz CT molecular complexity index is 226. The van der Waals surface area contributed by atoms with Crippen LogP contribution in [-0.4, -0.2) is 19.1 Å². The number of nitrogens with one attached hydrogen (secondary N) is 2. The summed E-state index contributed by atoms with van der Waals surface area (Å²) in [5, 5.41) is 6.76. The van der Waals surface area contributed by atoms with Crippen molar-refractivity contribution in [3.05, 3.63) is 36.1 Å². The molecule has 0 aromatic heterocycles. The van der Waals surface area contributed by atoms with Crippen molar-refractivity contribution in [2.75, 3.05) is 13.1 Å². The highest BCUT2D eigenvalue weighted by Crippen LogP contribution is 2.07. The molecule has 1 unspecified atom stereocenters. The molecule has 1 heterocycles.